The van der Waals surface area contributed by atoms with E-state index in [0.29, 0.717) is 10.6 Å². The monoisotopic (exact) mass is 362 g/mol. The number of hydrogen-bond acceptors (Lipinski definition) is 5. The Morgan fingerprint density at radius 1 is 1.08 bits per heavy atom. The third kappa shape index (κ3) is 5.61. The summed E-state index contributed by atoms with van der Waals surface area (Å²) in [7, 11) is 0. The second-order valence-electron chi connectivity index (χ2n) is 4.86. The molecule has 0 aliphatic rings. The third-order valence-corrected chi connectivity index (χ3v) is 4.06. The van der Waals surface area contributed by atoms with Crippen LogP contribution in [0.25, 0.3) is 0 Å². The Morgan fingerprint density at radius 2 is 1.76 bits per heavy atom. The number of rotatable bonds is 7. The molecule has 25 heavy (non-hydrogen) atoms. The summed E-state index contributed by atoms with van der Waals surface area (Å²) in [6.07, 6.45) is 0. The maximum Gasteiger partial charge on any atom is 0.341 e. The van der Waals surface area contributed by atoms with Crippen molar-refractivity contribution in [2.75, 3.05) is 17.7 Å². The van der Waals surface area contributed by atoms with Gasteiger partial charge < -0.3 is 15.8 Å². The number of halogens is 1. The fourth-order valence-electron chi connectivity index (χ4n) is 1.87. The van der Waals surface area contributed by atoms with Crippen molar-refractivity contribution in [2.24, 2.45) is 5.73 Å². The molecule has 6 nitrogen and oxygen atoms in total. The molecule has 0 saturated carbocycles. The van der Waals surface area contributed by atoms with Gasteiger partial charge in [-0.1, -0.05) is 24.3 Å². The lowest BCUT2D eigenvalue weighted by atomic mass is 10.2. The van der Waals surface area contributed by atoms with E-state index in [1.807, 2.05) is 0 Å². The number of ether oxygens (including phenoxy) is 1. The lowest BCUT2D eigenvalue weighted by molar-refractivity contribution is -0.119. The molecule has 0 atom stereocenters. The molecule has 0 aromatic heterocycles. The number of thioether (sulfide) groups is 1. The number of amides is 2. The molecule has 0 bridgehead atoms. The minimum atomic E-state index is -0.926. The third-order valence-electron chi connectivity index (χ3n) is 2.96. The molecule has 0 aliphatic carbocycles. The fourth-order valence-corrected chi connectivity index (χ4v) is 2.61. The number of carbonyl (C=O) groups excluding carboxylic acids is 3. The molecule has 2 rings (SSSR count). The Bertz CT molecular complexity index is 798. The predicted octanol–water partition coefficient (Wildman–Crippen LogP) is 2.20. The standard InChI is InChI=1S/C17H15FN2O4S/c18-12-6-2-1-5-11(12)17(23)24-9-16(22)20-13-7-3-4-8-14(13)25-10-15(19)21/h1-8H,9-10H2,(H2,19,21)(H,20,22). The average Bonchev–Trinajstić information content (AvgIpc) is 2.59. The van der Waals surface area contributed by atoms with Crippen molar-refractivity contribution < 1.29 is 23.5 Å². The molecule has 8 heteroatoms. The molecule has 0 radical (unpaired) electrons. The van der Waals surface area contributed by atoms with E-state index in [4.69, 9.17) is 10.5 Å². The molecule has 0 heterocycles. The van der Waals surface area contributed by atoms with E-state index >= 15 is 0 Å². The van der Waals surface area contributed by atoms with E-state index in [-0.39, 0.29) is 11.3 Å². The van der Waals surface area contributed by atoms with Gasteiger partial charge in [0.15, 0.2) is 6.61 Å². The van der Waals surface area contributed by atoms with Crippen molar-refractivity contribution in [3.05, 3.63) is 59.9 Å². The number of hydrogen-bond donors (Lipinski definition) is 2. The molecule has 0 saturated heterocycles. The SMILES string of the molecule is NC(=O)CSc1ccccc1NC(=O)COC(=O)c1ccccc1F. The van der Waals surface area contributed by atoms with Gasteiger partial charge >= 0.3 is 5.97 Å². The van der Waals surface area contributed by atoms with E-state index < -0.39 is 30.2 Å². The van der Waals surface area contributed by atoms with Crippen molar-refractivity contribution >= 4 is 35.2 Å². The van der Waals surface area contributed by atoms with Crippen molar-refractivity contribution in [3.63, 3.8) is 0 Å². The van der Waals surface area contributed by atoms with Crippen LogP contribution < -0.4 is 11.1 Å². The summed E-state index contributed by atoms with van der Waals surface area (Å²) in [6, 6.07) is 12.1. The minimum Gasteiger partial charge on any atom is -0.452 e. The molecule has 2 aromatic carbocycles. The lowest BCUT2D eigenvalue weighted by Gasteiger charge is -2.10. The summed E-state index contributed by atoms with van der Waals surface area (Å²) in [5.74, 6) is -2.65. The van der Waals surface area contributed by atoms with Crippen molar-refractivity contribution in [3.8, 4) is 0 Å². The van der Waals surface area contributed by atoms with Crippen molar-refractivity contribution in [1.29, 1.82) is 0 Å². The van der Waals surface area contributed by atoms with Crippen LogP contribution in [0.3, 0.4) is 0 Å². The highest BCUT2D eigenvalue weighted by Crippen LogP contribution is 2.26. The molecule has 0 spiro atoms. The number of benzene rings is 2. The maximum absolute atomic E-state index is 13.5. The summed E-state index contributed by atoms with van der Waals surface area (Å²) in [4.78, 5) is 35.2. The molecule has 0 fully saturated rings. The average molecular weight is 362 g/mol. The Hall–Kier alpha value is -2.87. The normalized spacial score (nSPS) is 10.1. The van der Waals surface area contributed by atoms with Gasteiger partial charge in [0, 0.05) is 4.90 Å². The van der Waals surface area contributed by atoms with E-state index in [0.717, 1.165) is 6.07 Å². The molecule has 2 amide bonds. The van der Waals surface area contributed by atoms with E-state index in [1.165, 1.54) is 30.0 Å². The Kier molecular flexibility index (Phi) is 6.53. The maximum atomic E-state index is 13.5. The number of carbonyl (C=O) groups is 3. The van der Waals surface area contributed by atoms with Crippen LogP contribution in [0.15, 0.2) is 53.4 Å². The van der Waals surface area contributed by atoms with Crippen LogP contribution in [-0.4, -0.2) is 30.1 Å². The zero-order valence-electron chi connectivity index (χ0n) is 13.0. The first-order valence-corrected chi connectivity index (χ1v) is 8.17. The highest BCUT2D eigenvalue weighted by Gasteiger charge is 2.15. The molecule has 2 aromatic rings. The first kappa shape index (κ1) is 18.5. The van der Waals surface area contributed by atoms with Crippen LogP contribution >= 0.6 is 11.8 Å². The van der Waals surface area contributed by atoms with E-state index in [2.05, 4.69) is 5.32 Å². The van der Waals surface area contributed by atoms with Gasteiger partial charge in [0.1, 0.15) is 5.82 Å². The van der Waals surface area contributed by atoms with Gasteiger partial charge in [-0.05, 0) is 24.3 Å². The summed E-state index contributed by atoms with van der Waals surface area (Å²) in [5.41, 5.74) is 5.32. The second kappa shape index (κ2) is 8.84. The van der Waals surface area contributed by atoms with Crippen molar-refractivity contribution in [2.45, 2.75) is 4.90 Å². The Labute approximate surface area is 147 Å². The second-order valence-corrected chi connectivity index (χ2v) is 5.87. The lowest BCUT2D eigenvalue weighted by Crippen LogP contribution is -2.21. The highest BCUT2D eigenvalue weighted by molar-refractivity contribution is 8.00. The van der Waals surface area contributed by atoms with Gasteiger partial charge in [-0.2, -0.15) is 0 Å². The van der Waals surface area contributed by atoms with Crippen LogP contribution in [0.1, 0.15) is 10.4 Å². The highest BCUT2D eigenvalue weighted by atomic mass is 32.2. The smallest absolute Gasteiger partial charge is 0.341 e. The van der Waals surface area contributed by atoms with Gasteiger partial charge in [0.2, 0.25) is 5.91 Å². The molecule has 0 aliphatic heterocycles. The number of primary amides is 1. The molecule has 3 N–H and O–H groups in total. The molecule has 0 unspecified atom stereocenters. The predicted molar refractivity (Wildman–Crippen MR) is 91.7 cm³/mol. The van der Waals surface area contributed by atoms with Gasteiger partial charge in [-0.15, -0.1) is 11.8 Å². The number of anilines is 1. The summed E-state index contributed by atoms with van der Waals surface area (Å²) >= 11 is 1.17. The largest absolute Gasteiger partial charge is 0.452 e. The number of nitrogens with two attached hydrogens (primary N) is 1. The zero-order chi connectivity index (χ0) is 18.2. The number of para-hydroxylation sites is 1. The zero-order valence-corrected chi connectivity index (χ0v) is 13.8. The topological polar surface area (TPSA) is 98.5 Å². The Balaban J connectivity index is 1.93. The first-order valence-electron chi connectivity index (χ1n) is 7.19. The van der Waals surface area contributed by atoms with Gasteiger partial charge in [0.25, 0.3) is 5.91 Å². The van der Waals surface area contributed by atoms with Crippen LogP contribution in [0.5, 0.6) is 0 Å². The van der Waals surface area contributed by atoms with E-state index in [9.17, 15) is 18.8 Å². The van der Waals surface area contributed by atoms with Crippen LogP contribution in [0, 0.1) is 5.82 Å². The quantitative estimate of drug-likeness (QED) is 0.581. The Morgan fingerprint density at radius 3 is 2.48 bits per heavy atom. The summed E-state index contributed by atoms with van der Waals surface area (Å²) in [5, 5.41) is 2.57. The van der Waals surface area contributed by atoms with Gasteiger partial charge in [-0.25, -0.2) is 9.18 Å². The summed E-state index contributed by atoms with van der Waals surface area (Å²) < 4.78 is 18.3. The first-order chi connectivity index (χ1) is 12.0. The van der Waals surface area contributed by atoms with Gasteiger partial charge in [0.05, 0.1) is 17.0 Å². The summed E-state index contributed by atoms with van der Waals surface area (Å²) in [6.45, 7) is -0.567. The van der Waals surface area contributed by atoms with Gasteiger partial charge in [-0.3, -0.25) is 9.59 Å². The molecule has 130 valence electrons. The van der Waals surface area contributed by atoms with E-state index in [1.54, 1.807) is 24.3 Å². The van der Waals surface area contributed by atoms with Crippen LogP contribution in [-0.2, 0) is 14.3 Å². The minimum absolute atomic E-state index is 0.0646. The molecular weight excluding hydrogens is 347 g/mol. The number of esters is 1. The number of nitrogens with one attached hydrogen (secondary N) is 1. The van der Waals surface area contributed by atoms with Crippen LogP contribution in [0.4, 0.5) is 10.1 Å². The molecular formula is C17H15FN2O4S. The van der Waals surface area contributed by atoms with Crippen molar-refractivity contribution in [1.82, 2.24) is 0 Å². The van der Waals surface area contributed by atoms with Crippen LogP contribution in [0.2, 0.25) is 0 Å². The fraction of sp³-hybridized carbons (Fsp3) is 0.118.